The molecule has 1 heterocycles. The molecule has 29 heavy (non-hydrogen) atoms. The highest BCUT2D eigenvalue weighted by Gasteiger charge is 2.24. The average Bonchev–Trinajstić information content (AvgIpc) is 2.71. The Labute approximate surface area is 171 Å². The highest BCUT2D eigenvalue weighted by Crippen LogP contribution is 2.22. The molecule has 2 aromatic carbocycles. The van der Waals surface area contributed by atoms with Crippen molar-refractivity contribution in [3.8, 4) is 11.4 Å². The van der Waals surface area contributed by atoms with Crippen molar-refractivity contribution in [1.29, 1.82) is 0 Å². The number of amides is 1. The minimum Gasteiger partial charge on any atom is -0.604 e. The number of ether oxygens (including phenoxy) is 1. The smallest absolute Gasteiger partial charge is 0.407 e. The minimum absolute atomic E-state index is 0.0173. The molecule has 0 aliphatic carbocycles. The van der Waals surface area contributed by atoms with Gasteiger partial charge in [-0.05, 0) is 26.8 Å². The Balaban J connectivity index is 1.74. The Kier molecular flexibility index (Phi) is 6.40. The lowest BCUT2D eigenvalue weighted by Gasteiger charge is -2.20. The Morgan fingerprint density at radius 1 is 1.00 bits per heavy atom. The van der Waals surface area contributed by atoms with Crippen LogP contribution in [0.5, 0.6) is 0 Å². The van der Waals surface area contributed by atoms with Crippen LogP contribution in [0.4, 0.5) is 4.79 Å². The number of carbonyl (C=O) groups is 1. The molecule has 0 saturated heterocycles. The van der Waals surface area contributed by atoms with Gasteiger partial charge in [0, 0.05) is 16.7 Å². The lowest BCUT2D eigenvalue weighted by atomic mass is 10.1. The van der Waals surface area contributed by atoms with Crippen molar-refractivity contribution in [1.82, 2.24) is 25.7 Å². The summed E-state index contributed by atoms with van der Waals surface area (Å²) in [5, 5.41) is 18.7. The Morgan fingerprint density at radius 3 is 2.28 bits per heavy atom. The van der Waals surface area contributed by atoms with Gasteiger partial charge in [-0.25, -0.2) is 4.79 Å². The van der Waals surface area contributed by atoms with E-state index in [1.54, 1.807) is 24.3 Å². The maximum Gasteiger partial charge on any atom is 0.407 e. The van der Waals surface area contributed by atoms with E-state index in [-0.39, 0.29) is 11.8 Å². The summed E-state index contributed by atoms with van der Waals surface area (Å²) in [6, 6.07) is 16.2. The van der Waals surface area contributed by atoms with Gasteiger partial charge >= 0.3 is 11.2 Å². The Hall–Kier alpha value is -3.04. The van der Waals surface area contributed by atoms with Gasteiger partial charge in [0.2, 0.25) is 5.82 Å². The molecule has 1 unspecified atom stereocenters. The van der Waals surface area contributed by atoms with Crippen molar-refractivity contribution < 1.29 is 14.1 Å². The number of carbonyl (C=O) groups excluding carboxylic acids is 1. The van der Waals surface area contributed by atoms with Crippen molar-refractivity contribution in [2.75, 3.05) is 0 Å². The zero-order chi connectivity index (χ0) is 20.9. The Bertz CT molecular complexity index is 962. The molecule has 0 saturated carbocycles. The summed E-state index contributed by atoms with van der Waals surface area (Å²) in [7, 11) is 0. The summed E-state index contributed by atoms with van der Waals surface area (Å²) >= 11 is -1.72. The molecular weight excluding hydrogens is 390 g/mol. The lowest BCUT2D eigenvalue weighted by Crippen LogP contribution is -2.40. The van der Waals surface area contributed by atoms with E-state index >= 15 is 0 Å². The first kappa shape index (κ1) is 20.7. The third kappa shape index (κ3) is 5.72. The van der Waals surface area contributed by atoms with Crippen molar-refractivity contribution >= 4 is 17.3 Å². The van der Waals surface area contributed by atoms with Gasteiger partial charge < -0.3 is 14.6 Å². The van der Waals surface area contributed by atoms with Crippen molar-refractivity contribution in [2.45, 2.75) is 43.0 Å². The monoisotopic (exact) mass is 411 g/mol. The van der Waals surface area contributed by atoms with Crippen molar-refractivity contribution in [3.05, 3.63) is 60.2 Å². The van der Waals surface area contributed by atoms with Crippen LogP contribution in [0.15, 0.2) is 64.6 Å². The predicted molar refractivity (Wildman–Crippen MR) is 107 cm³/mol. The van der Waals surface area contributed by atoms with Gasteiger partial charge in [0.15, 0.2) is 4.90 Å². The van der Waals surface area contributed by atoms with Crippen molar-refractivity contribution in [2.24, 2.45) is 0 Å². The molecule has 1 N–H and O–H groups in total. The number of nitrogens with zero attached hydrogens (tertiary/aromatic N) is 4. The van der Waals surface area contributed by atoms with E-state index in [0.717, 1.165) is 5.56 Å². The summed E-state index contributed by atoms with van der Waals surface area (Å²) in [6.45, 7) is 5.53. The van der Waals surface area contributed by atoms with Crippen LogP contribution in [0.1, 0.15) is 26.3 Å². The van der Waals surface area contributed by atoms with E-state index in [1.807, 2.05) is 51.1 Å². The van der Waals surface area contributed by atoms with Gasteiger partial charge in [0.1, 0.15) is 6.61 Å². The molecule has 3 rings (SSSR count). The van der Waals surface area contributed by atoms with Gasteiger partial charge in [-0.15, -0.1) is 10.2 Å². The summed E-state index contributed by atoms with van der Waals surface area (Å²) in [6.07, 6.45) is -0.551. The SMILES string of the molecule is CC(C)(C)NC(=O)OCc1ccccc1[S+]([O-])c1nnc(-c2ccccc2)nn1. The standard InChI is InChI=1S/C20H21N5O3S/c1-20(2,3)21-19(26)28-13-15-11-7-8-12-16(15)29(27)18-24-22-17(23-25-18)14-9-5-4-6-10-14/h4-12H,13H2,1-3H3,(H,21,26). The summed E-state index contributed by atoms with van der Waals surface area (Å²) in [5.74, 6) is 0.349. The van der Waals surface area contributed by atoms with Crippen LogP contribution in [0.2, 0.25) is 0 Å². The molecule has 0 spiro atoms. The molecule has 1 atom stereocenters. The van der Waals surface area contributed by atoms with E-state index < -0.39 is 22.8 Å². The molecule has 3 aromatic rings. The maximum atomic E-state index is 12.9. The van der Waals surface area contributed by atoms with Gasteiger partial charge in [0.25, 0.3) is 0 Å². The first-order valence-corrected chi connectivity index (χ1v) is 10.1. The number of rotatable bonds is 5. The number of hydrogen-bond donors (Lipinski definition) is 1. The molecule has 0 aliphatic heterocycles. The van der Waals surface area contributed by atoms with Gasteiger partial charge in [-0.3, -0.25) is 0 Å². The van der Waals surface area contributed by atoms with Crippen LogP contribution >= 0.6 is 0 Å². The second kappa shape index (κ2) is 8.97. The molecule has 8 nitrogen and oxygen atoms in total. The van der Waals surface area contributed by atoms with E-state index in [2.05, 4.69) is 25.7 Å². The topological polar surface area (TPSA) is 113 Å². The van der Waals surface area contributed by atoms with E-state index in [1.165, 1.54) is 0 Å². The van der Waals surface area contributed by atoms with E-state index in [0.29, 0.717) is 16.3 Å². The first-order valence-electron chi connectivity index (χ1n) is 8.91. The number of nitrogens with one attached hydrogen (secondary N) is 1. The molecule has 0 radical (unpaired) electrons. The highest BCUT2D eigenvalue weighted by atomic mass is 32.2. The fourth-order valence-electron chi connectivity index (χ4n) is 2.38. The second-order valence-corrected chi connectivity index (χ2v) is 8.54. The first-order chi connectivity index (χ1) is 13.8. The minimum atomic E-state index is -1.72. The molecule has 1 aromatic heterocycles. The predicted octanol–water partition coefficient (Wildman–Crippen LogP) is 3.13. The van der Waals surface area contributed by atoms with Gasteiger partial charge in [-0.2, -0.15) is 0 Å². The van der Waals surface area contributed by atoms with Crippen LogP contribution in [0.3, 0.4) is 0 Å². The van der Waals surface area contributed by atoms with Gasteiger partial charge in [0.05, 0.1) is 11.2 Å². The van der Waals surface area contributed by atoms with Crippen LogP contribution < -0.4 is 5.32 Å². The fraction of sp³-hybridized carbons (Fsp3) is 0.250. The molecular formula is C20H21N5O3S. The number of aromatic nitrogens is 4. The zero-order valence-corrected chi connectivity index (χ0v) is 17.1. The lowest BCUT2D eigenvalue weighted by molar-refractivity contribution is 0.130. The van der Waals surface area contributed by atoms with Crippen LogP contribution in [0.25, 0.3) is 11.4 Å². The number of hydrogen-bond acceptors (Lipinski definition) is 7. The van der Waals surface area contributed by atoms with E-state index in [4.69, 9.17) is 4.74 Å². The summed E-state index contributed by atoms with van der Waals surface area (Å²) < 4.78 is 18.2. The number of alkyl carbamates (subject to hydrolysis) is 1. The normalized spacial score (nSPS) is 12.3. The molecule has 0 fully saturated rings. The molecule has 9 heteroatoms. The van der Waals surface area contributed by atoms with E-state index in [9.17, 15) is 9.35 Å². The fourth-order valence-corrected chi connectivity index (χ4v) is 3.38. The summed E-state index contributed by atoms with van der Waals surface area (Å²) in [5.41, 5.74) is 0.944. The highest BCUT2D eigenvalue weighted by molar-refractivity contribution is 7.91. The van der Waals surface area contributed by atoms with Crippen LogP contribution in [-0.4, -0.2) is 36.6 Å². The zero-order valence-electron chi connectivity index (χ0n) is 16.3. The maximum absolute atomic E-state index is 12.9. The molecule has 150 valence electrons. The molecule has 0 bridgehead atoms. The Morgan fingerprint density at radius 2 is 1.62 bits per heavy atom. The van der Waals surface area contributed by atoms with Gasteiger partial charge in [-0.1, -0.05) is 58.7 Å². The quantitative estimate of drug-likeness (QED) is 0.642. The second-order valence-electron chi connectivity index (χ2n) is 7.20. The third-order valence-electron chi connectivity index (χ3n) is 3.67. The summed E-state index contributed by atoms with van der Waals surface area (Å²) in [4.78, 5) is 12.3. The largest absolute Gasteiger partial charge is 0.604 e. The number of benzene rings is 2. The van der Waals surface area contributed by atoms with Crippen molar-refractivity contribution in [3.63, 3.8) is 0 Å². The molecule has 1 amide bonds. The third-order valence-corrected chi connectivity index (χ3v) is 4.96. The van der Waals surface area contributed by atoms with Crippen LogP contribution in [-0.2, 0) is 22.5 Å². The van der Waals surface area contributed by atoms with Crippen LogP contribution in [0, 0.1) is 0 Å². The average molecular weight is 411 g/mol. The molecule has 0 aliphatic rings.